The van der Waals surface area contributed by atoms with Crippen LogP contribution in [0, 0.1) is 6.92 Å². The van der Waals surface area contributed by atoms with Crippen LogP contribution in [0.15, 0.2) is 18.2 Å². The van der Waals surface area contributed by atoms with E-state index in [4.69, 9.17) is 16.3 Å². The van der Waals surface area contributed by atoms with Crippen LogP contribution in [0.5, 0.6) is 5.75 Å². The molecule has 0 atom stereocenters. The molecule has 0 heterocycles. The van der Waals surface area contributed by atoms with Gasteiger partial charge in [0.25, 0.3) is 5.91 Å². The zero-order valence-electron chi connectivity index (χ0n) is 10.9. The summed E-state index contributed by atoms with van der Waals surface area (Å²) in [6.07, 6.45) is 2.53. The minimum atomic E-state index is -0.702. The third kappa shape index (κ3) is 3.85. The van der Waals surface area contributed by atoms with Gasteiger partial charge in [-0.3, -0.25) is 4.79 Å². The highest BCUT2D eigenvalue weighted by atomic mass is 35.5. The molecule has 19 heavy (non-hydrogen) atoms. The summed E-state index contributed by atoms with van der Waals surface area (Å²) < 4.78 is 5.37. The lowest BCUT2D eigenvalue weighted by Crippen LogP contribution is -2.48. The average molecular weight is 284 g/mol. The fraction of sp³-hybridized carbons (Fsp3) is 0.500. The maximum atomic E-state index is 11.6. The highest BCUT2D eigenvalue weighted by molar-refractivity contribution is 6.31. The molecule has 1 aliphatic rings. The number of rotatable bonds is 5. The summed E-state index contributed by atoms with van der Waals surface area (Å²) in [7, 11) is 0. The fourth-order valence-electron chi connectivity index (χ4n) is 1.93. The second-order valence-corrected chi connectivity index (χ2v) is 5.46. The fourth-order valence-corrected chi connectivity index (χ4v) is 2.05. The average Bonchev–Trinajstić information content (AvgIpc) is 2.35. The molecule has 4 nitrogen and oxygen atoms in total. The van der Waals surface area contributed by atoms with Crippen LogP contribution in [-0.4, -0.2) is 29.8 Å². The minimum Gasteiger partial charge on any atom is -0.484 e. The predicted octanol–water partition coefficient (Wildman–Crippen LogP) is 2.06. The number of hydrogen-bond donors (Lipinski definition) is 2. The summed E-state index contributed by atoms with van der Waals surface area (Å²) in [6.45, 7) is 2.12. The van der Waals surface area contributed by atoms with Gasteiger partial charge in [0.2, 0.25) is 0 Å². The van der Waals surface area contributed by atoms with E-state index < -0.39 is 5.60 Å². The van der Waals surface area contributed by atoms with Crippen LogP contribution >= 0.6 is 11.6 Å². The monoisotopic (exact) mass is 283 g/mol. The van der Waals surface area contributed by atoms with Gasteiger partial charge in [-0.2, -0.15) is 0 Å². The topological polar surface area (TPSA) is 58.6 Å². The first kappa shape index (κ1) is 14.2. The number of carbonyl (C=O) groups is 1. The molecule has 1 saturated carbocycles. The Kier molecular flexibility index (Phi) is 4.32. The molecule has 104 valence electrons. The molecule has 0 saturated heterocycles. The Labute approximate surface area is 117 Å². The Balaban J connectivity index is 1.75. The summed E-state index contributed by atoms with van der Waals surface area (Å²) in [5.41, 5.74) is 0.204. The normalized spacial score (nSPS) is 16.6. The third-order valence-corrected chi connectivity index (χ3v) is 3.82. The molecule has 0 bridgehead atoms. The molecule has 1 aromatic carbocycles. The van der Waals surface area contributed by atoms with Crippen LogP contribution in [-0.2, 0) is 4.79 Å². The smallest absolute Gasteiger partial charge is 0.258 e. The van der Waals surface area contributed by atoms with Crippen LogP contribution in [0.3, 0.4) is 0 Å². The van der Waals surface area contributed by atoms with E-state index in [1.54, 1.807) is 18.2 Å². The van der Waals surface area contributed by atoms with Gasteiger partial charge in [-0.05, 0) is 49.9 Å². The number of benzene rings is 1. The molecule has 2 rings (SSSR count). The van der Waals surface area contributed by atoms with E-state index >= 15 is 0 Å². The van der Waals surface area contributed by atoms with Gasteiger partial charge >= 0.3 is 0 Å². The van der Waals surface area contributed by atoms with E-state index in [9.17, 15) is 9.90 Å². The quantitative estimate of drug-likeness (QED) is 0.870. The minimum absolute atomic E-state index is 0.0584. The van der Waals surface area contributed by atoms with Crippen molar-refractivity contribution in [2.45, 2.75) is 31.8 Å². The number of halogens is 1. The molecule has 5 heteroatoms. The zero-order valence-corrected chi connectivity index (χ0v) is 11.7. The molecule has 1 amide bonds. The lowest BCUT2D eigenvalue weighted by atomic mass is 9.80. The van der Waals surface area contributed by atoms with Gasteiger partial charge in [0.15, 0.2) is 6.61 Å². The first-order chi connectivity index (χ1) is 8.98. The van der Waals surface area contributed by atoms with Gasteiger partial charge in [0.05, 0.1) is 5.60 Å². The van der Waals surface area contributed by atoms with E-state index in [2.05, 4.69) is 5.32 Å². The van der Waals surface area contributed by atoms with Crippen LogP contribution < -0.4 is 10.1 Å². The molecule has 0 radical (unpaired) electrons. The molecule has 1 aliphatic carbocycles. The summed E-state index contributed by atoms with van der Waals surface area (Å²) in [6, 6.07) is 5.25. The molecular formula is C14H18ClNO3. The van der Waals surface area contributed by atoms with Gasteiger partial charge in [-0.15, -0.1) is 0 Å². The Bertz CT molecular complexity index is 472. The molecular weight excluding hydrogens is 266 g/mol. The number of aliphatic hydroxyl groups is 1. The standard InChI is InChI=1S/C14H18ClNO3/c1-10-7-11(3-4-12(10)15)19-8-13(17)16-9-14(18)5-2-6-14/h3-4,7,18H,2,5-6,8-9H2,1H3,(H,16,17). The van der Waals surface area contributed by atoms with Gasteiger partial charge in [0.1, 0.15) is 5.75 Å². The number of aryl methyl sites for hydroxylation is 1. The van der Waals surface area contributed by atoms with Crippen molar-refractivity contribution in [3.63, 3.8) is 0 Å². The van der Waals surface area contributed by atoms with E-state index in [1.807, 2.05) is 6.92 Å². The Morgan fingerprint density at radius 1 is 1.53 bits per heavy atom. The van der Waals surface area contributed by atoms with Gasteiger partial charge in [0, 0.05) is 11.6 Å². The number of ether oxygens (including phenoxy) is 1. The molecule has 0 aliphatic heterocycles. The van der Waals surface area contributed by atoms with Crippen molar-refractivity contribution < 1.29 is 14.6 Å². The van der Waals surface area contributed by atoms with Gasteiger partial charge < -0.3 is 15.2 Å². The molecule has 0 unspecified atom stereocenters. The number of nitrogens with one attached hydrogen (secondary N) is 1. The first-order valence-electron chi connectivity index (χ1n) is 6.37. The molecule has 0 aromatic heterocycles. The van der Waals surface area contributed by atoms with Crippen molar-refractivity contribution in [2.75, 3.05) is 13.2 Å². The van der Waals surface area contributed by atoms with E-state index in [1.165, 1.54) is 0 Å². The lowest BCUT2D eigenvalue weighted by Gasteiger charge is -2.36. The summed E-state index contributed by atoms with van der Waals surface area (Å²) in [5, 5.41) is 13.2. The van der Waals surface area contributed by atoms with Crippen molar-refractivity contribution in [3.8, 4) is 5.75 Å². The maximum absolute atomic E-state index is 11.6. The first-order valence-corrected chi connectivity index (χ1v) is 6.74. The van der Waals surface area contributed by atoms with Crippen molar-refractivity contribution in [1.82, 2.24) is 5.32 Å². The highest BCUT2D eigenvalue weighted by Gasteiger charge is 2.34. The zero-order chi connectivity index (χ0) is 13.9. The summed E-state index contributed by atoms with van der Waals surface area (Å²) >= 11 is 5.90. The number of carbonyl (C=O) groups excluding carboxylic acids is 1. The Morgan fingerprint density at radius 3 is 2.84 bits per heavy atom. The second-order valence-electron chi connectivity index (χ2n) is 5.05. The highest BCUT2D eigenvalue weighted by Crippen LogP contribution is 2.30. The van der Waals surface area contributed by atoms with Gasteiger partial charge in [-0.25, -0.2) is 0 Å². The second kappa shape index (κ2) is 5.80. The van der Waals surface area contributed by atoms with Crippen LogP contribution in [0.4, 0.5) is 0 Å². The summed E-state index contributed by atoms with van der Waals surface area (Å²) in [4.78, 5) is 11.6. The predicted molar refractivity (Wildman–Crippen MR) is 73.5 cm³/mol. The van der Waals surface area contributed by atoms with Crippen LogP contribution in [0.25, 0.3) is 0 Å². The Morgan fingerprint density at radius 2 is 2.26 bits per heavy atom. The number of amides is 1. The van der Waals surface area contributed by atoms with Crippen molar-refractivity contribution >= 4 is 17.5 Å². The van der Waals surface area contributed by atoms with Crippen LogP contribution in [0.1, 0.15) is 24.8 Å². The van der Waals surface area contributed by atoms with Crippen molar-refractivity contribution in [1.29, 1.82) is 0 Å². The van der Waals surface area contributed by atoms with Gasteiger partial charge in [-0.1, -0.05) is 11.6 Å². The van der Waals surface area contributed by atoms with Crippen LogP contribution in [0.2, 0.25) is 5.02 Å². The molecule has 0 spiro atoms. The van der Waals surface area contributed by atoms with Crippen molar-refractivity contribution in [2.24, 2.45) is 0 Å². The molecule has 1 fully saturated rings. The molecule has 1 aromatic rings. The number of hydrogen-bond acceptors (Lipinski definition) is 3. The third-order valence-electron chi connectivity index (χ3n) is 3.40. The Hall–Kier alpha value is -1.26. The lowest BCUT2D eigenvalue weighted by molar-refractivity contribution is -0.125. The largest absolute Gasteiger partial charge is 0.484 e. The van der Waals surface area contributed by atoms with E-state index in [0.29, 0.717) is 17.3 Å². The van der Waals surface area contributed by atoms with E-state index in [0.717, 1.165) is 24.8 Å². The maximum Gasteiger partial charge on any atom is 0.258 e. The molecule has 2 N–H and O–H groups in total. The van der Waals surface area contributed by atoms with Crippen molar-refractivity contribution in [3.05, 3.63) is 28.8 Å². The van der Waals surface area contributed by atoms with E-state index in [-0.39, 0.29) is 12.5 Å². The summed E-state index contributed by atoms with van der Waals surface area (Å²) in [5.74, 6) is 0.382. The SMILES string of the molecule is Cc1cc(OCC(=O)NCC2(O)CCC2)ccc1Cl.